The highest BCUT2D eigenvalue weighted by molar-refractivity contribution is 5.57. The van der Waals surface area contributed by atoms with E-state index >= 15 is 0 Å². The quantitative estimate of drug-likeness (QED) is 0.899. The number of nitrogens with zero attached hydrogens (tertiary/aromatic N) is 2. The first-order valence-corrected chi connectivity index (χ1v) is 6.01. The van der Waals surface area contributed by atoms with E-state index in [2.05, 4.69) is 33.6 Å². The molecule has 2 aromatic rings. The van der Waals surface area contributed by atoms with Gasteiger partial charge in [-0.25, -0.2) is 0 Å². The molecule has 18 heavy (non-hydrogen) atoms. The average Bonchev–Trinajstić information content (AvgIpc) is 2.67. The van der Waals surface area contributed by atoms with Crippen molar-refractivity contribution >= 4 is 11.4 Å². The third-order valence-electron chi connectivity index (χ3n) is 3.01. The lowest BCUT2D eigenvalue weighted by Gasteiger charge is -2.14. The number of nitrogens with one attached hydrogen (secondary N) is 1. The molecule has 0 aliphatic carbocycles. The number of rotatable bonds is 4. The van der Waals surface area contributed by atoms with Gasteiger partial charge in [0, 0.05) is 37.6 Å². The Morgan fingerprint density at radius 3 is 2.67 bits per heavy atom. The highest BCUT2D eigenvalue weighted by Gasteiger charge is 2.08. The highest BCUT2D eigenvalue weighted by Crippen LogP contribution is 2.19. The predicted octanol–water partition coefficient (Wildman–Crippen LogP) is 2.97. The summed E-state index contributed by atoms with van der Waals surface area (Å²) >= 11 is 0. The van der Waals surface area contributed by atoms with Gasteiger partial charge in [-0.05, 0) is 32.0 Å². The normalized spacial score (nSPS) is 10.4. The van der Waals surface area contributed by atoms with Crippen LogP contribution >= 0.6 is 0 Å². The van der Waals surface area contributed by atoms with E-state index in [1.807, 2.05) is 34.0 Å². The van der Waals surface area contributed by atoms with E-state index in [0.29, 0.717) is 0 Å². The maximum Gasteiger partial charge on any atom is 0.138 e. The van der Waals surface area contributed by atoms with Gasteiger partial charge in [0.05, 0.1) is 5.69 Å². The molecule has 0 aliphatic heterocycles. The lowest BCUT2D eigenvalue weighted by atomic mass is 10.2. The van der Waals surface area contributed by atoms with E-state index in [1.165, 1.54) is 5.69 Å². The molecule has 1 aromatic carbocycles. The molecule has 0 amide bonds. The lowest BCUT2D eigenvalue weighted by Crippen LogP contribution is -2.09. The van der Waals surface area contributed by atoms with Gasteiger partial charge in [-0.3, -0.25) is 0 Å². The molecule has 0 spiro atoms. The zero-order chi connectivity index (χ0) is 13.1. The molecule has 0 atom stereocenters. The Morgan fingerprint density at radius 1 is 1.28 bits per heavy atom. The van der Waals surface area contributed by atoms with E-state index in [4.69, 9.17) is 4.52 Å². The molecule has 0 saturated carbocycles. The maximum absolute atomic E-state index is 5.15. The number of hydrogen-bond acceptors (Lipinski definition) is 4. The van der Waals surface area contributed by atoms with Crippen LogP contribution < -0.4 is 10.2 Å². The summed E-state index contributed by atoms with van der Waals surface area (Å²) in [5.74, 6) is 0.878. The van der Waals surface area contributed by atoms with Gasteiger partial charge in [0.2, 0.25) is 0 Å². The number of anilines is 2. The van der Waals surface area contributed by atoms with Gasteiger partial charge in [-0.1, -0.05) is 11.2 Å². The molecule has 96 valence electrons. The van der Waals surface area contributed by atoms with Crippen LogP contribution in [0.4, 0.5) is 11.4 Å². The molecule has 1 N–H and O–H groups in total. The number of aryl methyl sites for hydroxylation is 2. The smallest absolute Gasteiger partial charge is 0.138 e. The second-order valence-corrected chi connectivity index (χ2v) is 4.60. The Balaban J connectivity index is 2.09. The van der Waals surface area contributed by atoms with Crippen LogP contribution in [0.25, 0.3) is 0 Å². The van der Waals surface area contributed by atoms with E-state index in [1.54, 1.807) is 0 Å². The molecular formula is C14H19N3O. The summed E-state index contributed by atoms with van der Waals surface area (Å²) < 4.78 is 5.15. The minimum absolute atomic E-state index is 0.734. The van der Waals surface area contributed by atoms with Crippen LogP contribution in [0.3, 0.4) is 0 Å². The van der Waals surface area contributed by atoms with Crippen molar-refractivity contribution in [3.63, 3.8) is 0 Å². The Bertz CT molecular complexity index is 512. The molecule has 0 bridgehead atoms. The van der Waals surface area contributed by atoms with Crippen LogP contribution in [0.1, 0.15) is 17.0 Å². The fraction of sp³-hybridized carbons (Fsp3) is 0.357. The minimum Gasteiger partial charge on any atom is -0.381 e. The largest absolute Gasteiger partial charge is 0.381 e. The van der Waals surface area contributed by atoms with Crippen molar-refractivity contribution < 1.29 is 4.52 Å². The monoisotopic (exact) mass is 245 g/mol. The Labute approximate surface area is 108 Å². The maximum atomic E-state index is 5.15. The van der Waals surface area contributed by atoms with Gasteiger partial charge >= 0.3 is 0 Å². The van der Waals surface area contributed by atoms with Crippen LogP contribution in [0.2, 0.25) is 0 Å². The third-order valence-corrected chi connectivity index (χ3v) is 3.01. The molecule has 1 heterocycles. The summed E-state index contributed by atoms with van der Waals surface area (Å²) in [4.78, 5) is 2.08. The predicted molar refractivity (Wildman–Crippen MR) is 74.1 cm³/mol. The standard InChI is InChI=1S/C14H19N3O/c1-10-14(11(2)18-16-10)9-15-12-6-5-7-13(8-12)17(3)4/h5-8,15H,9H2,1-4H3. The zero-order valence-electron chi connectivity index (χ0n) is 11.3. The highest BCUT2D eigenvalue weighted by atomic mass is 16.5. The summed E-state index contributed by atoms with van der Waals surface area (Å²) in [7, 11) is 4.07. The summed E-state index contributed by atoms with van der Waals surface area (Å²) in [6, 6.07) is 8.31. The van der Waals surface area contributed by atoms with Crippen molar-refractivity contribution in [1.82, 2.24) is 5.16 Å². The molecule has 2 rings (SSSR count). The summed E-state index contributed by atoms with van der Waals surface area (Å²) in [6.07, 6.45) is 0. The van der Waals surface area contributed by atoms with E-state index in [9.17, 15) is 0 Å². The number of aromatic nitrogens is 1. The number of hydrogen-bond donors (Lipinski definition) is 1. The van der Waals surface area contributed by atoms with Crippen LogP contribution in [0, 0.1) is 13.8 Å². The molecule has 0 unspecified atom stereocenters. The molecule has 0 fully saturated rings. The van der Waals surface area contributed by atoms with Gasteiger partial charge in [0.25, 0.3) is 0 Å². The zero-order valence-corrected chi connectivity index (χ0v) is 11.3. The molecule has 0 saturated heterocycles. The molecular weight excluding hydrogens is 226 g/mol. The van der Waals surface area contributed by atoms with E-state index in [0.717, 1.165) is 29.2 Å². The number of benzene rings is 1. The fourth-order valence-electron chi connectivity index (χ4n) is 1.84. The van der Waals surface area contributed by atoms with Crippen molar-refractivity contribution in [3.8, 4) is 0 Å². The Kier molecular flexibility index (Phi) is 3.55. The topological polar surface area (TPSA) is 41.3 Å². The van der Waals surface area contributed by atoms with Crippen molar-refractivity contribution in [2.75, 3.05) is 24.3 Å². The van der Waals surface area contributed by atoms with E-state index in [-0.39, 0.29) is 0 Å². The van der Waals surface area contributed by atoms with Crippen molar-refractivity contribution in [2.45, 2.75) is 20.4 Å². The van der Waals surface area contributed by atoms with Gasteiger partial charge in [0.15, 0.2) is 0 Å². The van der Waals surface area contributed by atoms with Crippen LogP contribution in [0.5, 0.6) is 0 Å². The Hall–Kier alpha value is -1.97. The second-order valence-electron chi connectivity index (χ2n) is 4.60. The summed E-state index contributed by atoms with van der Waals surface area (Å²) in [6.45, 7) is 4.63. The van der Waals surface area contributed by atoms with Crippen LogP contribution in [0.15, 0.2) is 28.8 Å². The lowest BCUT2D eigenvalue weighted by molar-refractivity contribution is 0.392. The molecule has 0 aliphatic rings. The summed E-state index contributed by atoms with van der Waals surface area (Å²) in [5, 5.41) is 7.35. The third kappa shape index (κ3) is 2.64. The SMILES string of the molecule is Cc1noc(C)c1CNc1cccc(N(C)C)c1. The Morgan fingerprint density at radius 2 is 2.06 bits per heavy atom. The van der Waals surface area contributed by atoms with Crippen molar-refractivity contribution in [2.24, 2.45) is 0 Å². The molecule has 1 aromatic heterocycles. The first kappa shape index (κ1) is 12.5. The van der Waals surface area contributed by atoms with Gasteiger partial charge in [0.1, 0.15) is 5.76 Å². The van der Waals surface area contributed by atoms with Crippen molar-refractivity contribution in [3.05, 3.63) is 41.3 Å². The summed E-state index contributed by atoms with van der Waals surface area (Å²) in [5.41, 5.74) is 4.36. The molecule has 0 radical (unpaired) electrons. The van der Waals surface area contributed by atoms with Crippen LogP contribution in [-0.4, -0.2) is 19.3 Å². The first-order chi connectivity index (χ1) is 8.58. The molecule has 4 nitrogen and oxygen atoms in total. The van der Waals surface area contributed by atoms with Gasteiger partial charge in [-0.2, -0.15) is 0 Å². The fourth-order valence-corrected chi connectivity index (χ4v) is 1.84. The van der Waals surface area contributed by atoms with E-state index < -0.39 is 0 Å². The molecule has 4 heteroatoms. The van der Waals surface area contributed by atoms with Crippen LogP contribution in [-0.2, 0) is 6.54 Å². The van der Waals surface area contributed by atoms with Crippen molar-refractivity contribution in [1.29, 1.82) is 0 Å². The van der Waals surface area contributed by atoms with Gasteiger partial charge < -0.3 is 14.7 Å². The van der Waals surface area contributed by atoms with Gasteiger partial charge in [-0.15, -0.1) is 0 Å². The minimum atomic E-state index is 0.734. The average molecular weight is 245 g/mol. The first-order valence-electron chi connectivity index (χ1n) is 6.01. The second kappa shape index (κ2) is 5.12.